The lowest BCUT2D eigenvalue weighted by Gasteiger charge is -2.27. The monoisotopic (exact) mass is 351 g/mol. The first-order chi connectivity index (χ1) is 11.9. The lowest BCUT2D eigenvalue weighted by Crippen LogP contribution is -2.17. The van der Waals surface area contributed by atoms with Crippen molar-refractivity contribution in [1.29, 1.82) is 0 Å². The van der Waals surface area contributed by atoms with E-state index >= 15 is 0 Å². The molecule has 0 fully saturated rings. The van der Waals surface area contributed by atoms with Gasteiger partial charge >= 0.3 is 0 Å². The Hall–Kier alpha value is -2.09. The van der Waals surface area contributed by atoms with E-state index in [1.54, 1.807) is 6.21 Å². The highest BCUT2D eigenvalue weighted by molar-refractivity contribution is 5.87. The summed E-state index contributed by atoms with van der Waals surface area (Å²) < 4.78 is 0. The number of phenols is 1. The number of aromatic hydroxyl groups is 1. The second-order valence-electron chi connectivity index (χ2n) is 9.43. The number of rotatable bonds is 3. The van der Waals surface area contributed by atoms with Crippen molar-refractivity contribution in [1.82, 2.24) is 0 Å². The van der Waals surface area contributed by atoms with E-state index in [0.29, 0.717) is 11.7 Å². The lowest BCUT2D eigenvalue weighted by molar-refractivity contribution is 0.444. The van der Waals surface area contributed by atoms with E-state index in [2.05, 4.69) is 73.6 Å². The molecule has 0 spiro atoms. The summed E-state index contributed by atoms with van der Waals surface area (Å²) in [5, 5.41) is 10.9. The molecule has 0 aliphatic heterocycles. The van der Waals surface area contributed by atoms with Crippen LogP contribution in [0.3, 0.4) is 0 Å². The molecule has 0 saturated heterocycles. The van der Waals surface area contributed by atoms with Crippen LogP contribution >= 0.6 is 0 Å². The minimum Gasteiger partial charge on any atom is -0.507 e. The highest BCUT2D eigenvalue weighted by atomic mass is 16.3. The third-order valence-corrected chi connectivity index (χ3v) is 4.71. The third kappa shape index (κ3) is 4.55. The number of phenolic OH excluding ortho intramolecular Hbond substituents is 1. The van der Waals surface area contributed by atoms with Gasteiger partial charge in [-0.25, -0.2) is 0 Å². The molecule has 2 heteroatoms. The van der Waals surface area contributed by atoms with Crippen LogP contribution in [-0.2, 0) is 10.8 Å². The predicted octanol–water partition coefficient (Wildman–Crippen LogP) is 6.86. The first-order valence-corrected chi connectivity index (χ1v) is 9.42. The molecule has 0 unspecified atom stereocenters. The summed E-state index contributed by atoms with van der Waals surface area (Å²) in [7, 11) is 0. The Labute approximate surface area is 159 Å². The van der Waals surface area contributed by atoms with Crippen molar-refractivity contribution in [3.8, 4) is 5.75 Å². The van der Waals surface area contributed by atoms with Gasteiger partial charge in [-0.1, -0.05) is 79.7 Å². The van der Waals surface area contributed by atoms with Gasteiger partial charge in [0.1, 0.15) is 5.75 Å². The molecular formula is C24H33NO. The highest BCUT2D eigenvalue weighted by Crippen LogP contribution is 2.37. The summed E-state index contributed by atoms with van der Waals surface area (Å²) >= 11 is 0. The number of nitrogens with zero attached hydrogens (tertiary/aromatic N) is 1. The second kappa shape index (κ2) is 7.26. The van der Waals surface area contributed by atoms with E-state index < -0.39 is 0 Å². The zero-order valence-electron chi connectivity index (χ0n) is 17.5. The second-order valence-corrected chi connectivity index (χ2v) is 9.43. The van der Waals surface area contributed by atoms with E-state index in [-0.39, 0.29) is 10.8 Å². The molecule has 1 N–H and O–H groups in total. The molecule has 140 valence electrons. The standard InChI is InChI=1S/C24H33NO/c1-16(2)19-11-9-10-12-21(19)25-15-17-13-18(23(3,4)5)14-20(22(17)26)24(6,7)8/h9-16,26H,1-8H3. The van der Waals surface area contributed by atoms with E-state index in [9.17, 15) is 5.11 Å². The van der Waals surface area contributed by atoms with Crippen LogP contribution < -0.4 is 0 Å². The Morgan fingerprint density at radius 1 is 0.923 bits per heavy atom. The number of hydrogen-bond donors (Lipinski definition) is 1. The van der Waals surface area contributed by atoms with Crippen LogP contribution in [0.1, 0.15) is 83.6 Å². The summed E-state index contributed by atoms with van der Waals surface area (Å²) in [4.78, 5) is 4.72. The first kappa shape index (κ1) is 20.2. The average molecular weight is 352 g/mol. The minimum absolute atomic E-state index is 0.00608. The van der Waals surface area contributed by atoms with Crippen molar-refractivity contribution < 1.29 is 5.11 Å². The number of hydrogen-bond acceptors (Lipinski definition) is 2. The van der Waals surface area contributed by atoms with Crippen molar-refractivity contribution in [2.24, 2.45) is 4.99 Å². The molecule has 0 heterocycles. The molecule has 0 amide bonds. The van der Waals surface area contributed by atoms with Gasteiger partial charge in [-0.05, 0) is 40.0 Å². The Balaban J connectivity index is 2.59. The first-order valence-electron chi connectivity index (χ1n) is 9.42. The average Bonchev–Trinajstić information content (AvgIpc) is 2.51. The minimum atomic E-state index is -0.135. The van der Waals surface area contributed by atoms with Crippen LogP contribution in [0.25, 0.3) is 0 Å². The highest BCUT2D eigenvalue weighted by Gasteiger charge is 2.24. The largest absolute Gasteiger partial charge is 0.507 e. The van der Waals surface area contributed by atoms with Gasteiger partial charge in [0.05, 0.1) is 5.69 Å². The fraction of sp³-hybridized carbons (Fsp3) is 0.458. The van der Waals surface area contributed by atoms with Crippen LogP contribution in [-0.4, -0.2) is 11.3 Å². The molecular weight excluding hydrogens is 318 g/mol. The maximum absolute atomic E-state index is 10.9. The third-order valence-electron chi connectivity index (χ3n) is 4.71. The summed E-state index contributed by atoms with van der Waals surface area (Å²) in [6, 6.07) is 12.4. The van der Waals surface area contributed by atoms with Crippen LogP contribution in [0.4, 0.5) is 5.69 Å². The van der Waals surface area contributed by atoms with Gasteiger partial charge in [0.15, 0.2) is 0 Å². The molecule has 2 aromatic carbocycles. The van der Waals surface area contributed by atoms with E-state index in [4.69, 9.17) is 4.99 Å². The summed E-state index contributed by atoms with van der Waals surface area (Å²) in [6.45, 7) is 17.3. The molecule has 2 nitrogen and oxygen atoms in total. The summed E-state index contributed by atoms with van der Waals surface area (Å²) in [6.07, 6.45) is 1.81. The molecule has 0 bridgehead atoms. The van der Waals surface area contributed by atoms with Crippen molar-refractivity contribution >= 4 is 11.9 Å². The molecule has 0 saturated carbocycles. The Morgan fingerprint density at radius 3 is 2.08 bits per heavy atom. The zero-order chi connectivity index (χ0) is 19.7. The molecule has 0 aliphatic carbocycles. The van der Waals surface area contributed by atoms with E-state index in [0.717, 1.165) is 16.8 Å². The van der Waals surface area contributed by atoms with Crippen LogP contribution in [0.15, 0.2) is 41.4 Å². The van der Waals surface area contributed by atoms with Crippen LogP contribution in [0.5, 0.6) is 5.75 Å². The van der Waals surface area contributed by atoms with Gasteiger partial charge < -0.3 is 5.11 Å². The number of aliphatic imine (C=N–C) groups is 1. The summed E-state index contributed by atoms with van der Waals surface area (Å²) in [5.74, 6) is 0.735. The number of para-hydroxylation sites is 1. The quantitative estimate of drug-likeness (QED) is 0.602. The van der Waals surface area contributed by atoms with Gasteiger partial charge in [0.25, 0.3) is 0 Å². The van der Waals surface area contributed by atoms with Crippen LogP contribution in [0, 0.1) is 0 Å². The van der Waals surface area contributed by atoms with Gasteiger partial charge in [-0.3, -0.25) is 4.99 Å². The van der Waals surface area contributed by atoms with Gasteiger partial charge in [-0.15, -0.1) is 0 Å². The molecule has 2 rings (SSSR count). The molecule has 26 heavy (non-hydrogen) atoms. The maximum atomic E-state index is 10.9. The van der Waals surface area contributed by atoms with Gasteiger partial charge in [0.2, 0.25) is 0 Å². The molecule has 0 aromatic heterocycles. The molecule has 0 atom stereocenters. The summed E-state index contributed by atoms with van der Waals surface area (Å²) in [5.41, 5.74) is 4.99. The zero-order valence-corrected chi connectivity index (χ0v) is 17.5. The fourth-order valence-electron chi connectivity index (χ4n) is 2.99. The fourth-order valence-corrected chi connectivity index (χ4v) is 2.99. The predicted molar refractivity (Wildman–Crippen MR) is 113 cm³/mol. The van der Waals surface area contributed by atoms with Crippen molar-refractivity contribution in [3.05, 3.63) is 58.7 Å². The normalized spacial score (nSPS) is 13.0. The molecule has 0 radical (unpaired) electrons. The Morgan fingerprint density at radius 2 is 1.54 bits per heavy atom. The van der Waals surface area contributed by atoms with Gasteiger partial charge in [-0.2, -0.15) is 0 Å². The Kier molecular flexibility index (Phi) is 5.65. The lowest BCUT2D eigenvalue weighted by atomic mass is 9.79. The molecule has 2 aromatic rings. The SMILES string of the molecule is CC(C)c1ccccc1N=Cc1cc(C(C)(C)C)cc(C(C)(C)C)c1O. The van der Waals surface area contributed by atoms with Crippen LogP contribution in [0.2, 0.25) is 0 Å². The van der Waals surface area contributed by atoms with E-state index in [1.807, 2.05) is 18.2 Å². The molecule has 0 aliphatic rings. The smallest absolute Gasteiger partial charge is 0.128 e. The van der Waals surface area contributed by atoms with E-state index in [1.165, 1.54) is 11.1 Å². The topological polar surface area (TPSA) is 32.6 Å². The maximum Gasteiger partial charge on any atom is 0.128 e. The van der Waals surface area contributed by atoms with Gasteiger partial charge in [0, 0.05) is 17.3 Å². The Bertz CT molecular complexity index is 802. The number of benzene rings is 2. The van der Waals surface area contributed by atoms with Crippen molar-refractivity contribution in [2.75, 3.05) is 0 Å². The van der Waals surface area contributed by atoms with Crippen molar-refractivity contribution in [2.45, 2.75) is 72.1 Å². The van der Waals surface area contributed by atoms with Crippen molar-refractivity contribution in [3.63, 3.8) is 0 Å².